The highest BCUT2D eigenvalue weighted by molar-refractivity contribution is 6.12. The molecule has 0 spiro atoms. The Morgan fingerprint density at radius 2 is 1.77 bits per heavy atom. The molecule has 0 radical (unpaired) electrons. The number of carbonyl (C=O) groups is 4. The van der Waals surface area contributed by atoms with Crippen LogP contribution in [0.4, 0.5) is 0 Å². The van der Waals surface area contributed by atoms with E-state index in [-0.39, 0.29) is 18.2 Å². The first kappa shape index (κ1) is 17.8. The number of imide groups is 1. The van der Waals surface area contributed by atoms with E-state index in [1.165, 1.54) is 19.1 Å². The van der Waals surface area contributed by atoms with Gasteiger partial charge in [0.2, 0.25) is 5.91 Å². The summed E-state index contributed by atoms with van der Waals surface area (Å²) >= 11 is 0. The lowest BCUT2D eigenvalue weighted by molar-refractivity contribution is -0.144. The number of hydrogen-bond acceptors (Lipinski definition) is 5. The van der Waals surface area contributed by atoms with E-state index < -0.39 is 24.0 Å². The van der Waals surface area contributed by atoms with E-state index in [9.17, 15) is 24.3 Å². The van der Waals surface area contributed by atoms with Crippen LogP contribution in [0.2, 0.25) is 0 Å². The molecule has 0 bridgehead atoms. The highest BCUT2D eigenvalue weighted by atomic mass is 16.4. The second kappa shape index (κ2) is 8.28. The Bertz CT molecular complexity index is 468. The molecule has 0 unspecified atom stereocenters. The maximum Gasteiger partial charge on any atom is 0.328 e. The number of rotatable bonds is 9. The largest absolute Gasteiger partial charge is 0.480 e. The van der Waals surface area contributed by atoms with Gasteiger partial charge in [0.25, 0.3) is 11.8 Å². The summed E-state index contributed by atoms with van der Waals surface area (Å²) in [6, 6.07) is -1.32. The van der Waals surface area contributed by atoms with E-state index in [4.69, 9.17) is 5.11 Å². The van der Waals surface area contributed by atoms with Crippen molar-refractivity contribution in [3.05, 3.63) is 12.2 Å². The van der Waals surface area contributed by atoms with Crippen LogP contribution in [-0.4, -0.2) is 57.5 Å². The van der Waals surface area contributed by atoms with Gasteiger partial charge in [-0.25, -0.2) is 4.79 Å². The van der Waals surface area contributed by atoms with Crippen LogP contribution in [0.1, 0.15) is 32.6 Å². The molecule has 22 heavy (non-hydrogen) atoms. The minimum absolute atomic E-state index is 0.122. The molecular weight excluding hydrogens is 292 g/mol. The number of nitrogens with one attached hydrogen (secondary N) is 1. The molecule has 0 fully saturated rings. The first-order valence-electron chi connectivity index (χ1n) is 7.06. The minimum Gasteiger partial charge on any atom is -0.480 e. The predicted molar refractivity (Wildman–Crippen MR) is 75.6 cm³/mol. The van der Waals surface area contributed by atoms with Crippen molar-refractivity contribution in [2.75, 3.05) is 6.54 Å². The van der Waals surface area contributed by atoms with Gasteiger partial charge < -0.3 is 15.5 Å². The fourth-order valence-corrected chi connectivity index (χ4v) is 2.02. The Morgan fingerprint density at radius 1 is 1.18 bits per heavy atom. The molecule has 3 amide bonds. The van der Waals surface area contributed by atoms with E-state index in [0.717, 1.165) is 4.90 Å². The molecule has 122 valence electrons. The molecule has 1 rings (SSSR count). The predicted octanol–water partition coefficient (Wildman–Crippen LogP) is -0.578. The third kappa shape index (κ3) is 5.28. The summed E-state index contributed by atoms with van der Waals surface area (Å²) in [7, 11) is 0. The van der Waals surface area contributed by atoms with Crippen LogP contribution in [0.5, 0.6) is 0 Å². The zero-order valence-corrected chi connectivity index (χ0v) is 12.3. The number of hydrogen-bond donors (Lipinski definition) is 3. The van der Waals surface area contributed by atoms with Crippen LogP contribution in [0, 0.1) is 0 Å². The molecule has 3 N–H and O–H groups in total. The van der Waals surface area contributed by atoms with Crippen LogP contribution in [0.15, 0.2) is 12.2 Å². The molecule has 0 aromatic carbocycles. The van der Waals surface area contributed by atoms with Gasteiger partial charge in [0, 0.05) is 25.1 Å². The molecule has 1 aliphatic rings. The van der Waals surface area contributed by atoms with Gasteiger partial charge in [-0.2, -0.15) is 0 Å². The van der Waals surface area contributed by atoms with Gasteiger partial charge in [0.1, 0.15) is 0 Å². The lowest BCUT2D eigenvalue weighted by Crippen LogP contribution is -2.47. The molecule has 2 atom stereocenters. The van der Waals surface area contributed by atoms with Crippen molar-refractivity contribution >= 4 is 23.7 Å². The second-order valence-electron chi connectivity index (χ2n) is 5.10. The van der Waals surface area contributed by atoms with Crippen molar-refractivity contribution in [3.63, 3.8) is 0 Å². The molecule has 0 saturated carbocycles. The van der Waals surface area contributed by atoms with E-state index in [1.54, 1.807) is 0 Å². The van der Waals surface area contributed by atoms with Crippen LogP contribution in [0.25, 0.3) is 0 Å². The summed E-state index contributed by atoms with van der Waals surface area (Å²) in [4.78, 5) is 46.1. The summed E-state index contributed by atoms with van der Waals surface area (Å²) in [6.07, 6.45) is 3.08. The number of amides is 3. The van der Waals surface area contributed by atoms with Crippen LogP contribution < -0.4 is 5.32 Å². The smallest absolute Gasteiger partial charge is 0.328 e. The fraction of sp³-hybridized carbons (Fsp3) is 0.571. The van der Waals surface area contributed by atoms with E-state index >= 15 is 0 Å². The summed E-state index contributed by atoms with van der Waals surface area (Å²) in [5.74, 6) is -2.40. The lowest BCUT2D eigenvalue weighted by Gasteiger charge is -2.17. The number of aliphatic hydroxyl groups excluding tert-OH is 1. The first-order valence-corrected chi connectivity index (χ1v) is 7.06. The monoisotopic (exact) mass is 312 g/mol. The highest BCUT2D eigenvalue weighted by Gasteiger charge is 2.25. The number of carboxylic acid groups (broad SMARTS) is 1. The van der Waals surface area contributed by atoms with Gasteiger partial charge in [-0.3, -0.25) is 19.3 Å². The lowest BCUT2D eigenvalue weighted by atomic mass is 10.1. The topological polar surface area (TPSA) is 124 Å². The average Bonchev–Trinajstić information content (AvgIpc) is 2.75. The number of unbranched alkanes of at least 4 members (excludes halogenated alkanes) is 2. The Kier molecular flexibility index (Phi) is 6.71. The van der Waals surface area contributed by atoms with Crippen molar-refractivity contribution in [1.29, 1.82) is 0 Å². The van der Waals surface area contributed by atoms with Gasteiger partial charge >= 0.3 is 5.97 Å². The Morgan fingerprint density at radius 3 is 2.27 bits per heavy atom. The van der Waals surface area contributed by atoms with Crippen LogP contribution >= 0.6 is 0 Å². The number of carboxylic acids is 1. The Hall–Kier alpha value is -2.22. The summed E-state index contributed by atoms with van der Waals surface area (Å²) < 4.78 is 0. The SMILES string of the molecule is C[C@@H](O)[C@H](NC(=O)CCCCCN1C(=O)C=CC1=O)C(=O)O. The molecule has 0 aliphatic carbocycles. The number of aliphatic hydroxyl groups is 1. The number of nitrogens with zero attached hydrogens (tertiary/aromatic N) is 1. The maximum absolute atomic E-state index is 11.6. The quantitative estimate of drug-likeness (QED) is 0.386. The van der Waals surface area contributed by atoms with Gasteiger partial charge in [0.05, 0.1) is 6.10 Å². The molecule has 0 saturated heterocycles. The van der Waals surface area contributed by atoms with E-state index in [0.29, 0.717) is 25.8 Å². The van der Waals surface area contributed by atoms with E-state index in [1.807, 2.05) is 0 Å². The highest BCUT2D eigenvalue weighted by Crippen LogP contribution is 2.08. The standard InChI is InChI=1S/C14H20N2O6/c1-9(17)13(14(21)22)15-10(18)5-3-2-4-8-16-11(19)6-7-12(16)20/h6-7,9,13,17H,2-5,8H2,1H3,(H,15,18)(H,21,22)/t9-,13+/m1/s1. The third-order valence-corrected chi connectivity index (χ3v) is 3.25. The Balaban J connectivity index is 2.19. The molecule has 1 aliphatic heterocycles. The van der Waals surface area contributed by atoms with Crippen molar-refractivity contribution in [2.24, 2.45) is 0 Å². The molecule has 1 heterocycles. The zero-order valence-electron chi connectivity index (χ0n) is 12.3. The van der Waals surface area contributed by atoms with Crippen LogP contribution in [-0.2, 0) is 19.2 Å². The second-order valence-corrected chi connectivity index (χ2v) is 5.10. The normalized spacial score (nSPS) is 16.7. The van der Waals surface area contributed by atoms with Gasteiger partial charge in [0.15, 0.2) is 6.04 Å². The molecule has 8 heteroatoms. The summed E-state index contributed by atoms with van der Waals surface area (Å²) in [5, 5.41) is 20.3. The van der Waals surface area contributed by atoms with Crippen molar-refractivity contribution < 1.29 is 29.4 Å². The summed E-state index contributed by atoms with van der Waals surface area (Å²) in [5.41, 5.74) is 0. The van der Waals surface area contributed by atoms with Crippen molar-refractivity contribution in [1.82, 2.24) is 10.2 Å². The first-order chi connectivity index (χ1) is 10.3. The van der Waals surface area contributed by atoms with Crippen molar-refractivity contribution in [3.8, 4) is 0 Å². The third-order valence-electron chi connectivity index (χ3n) is 3.25. The molecular formula is C14H20N2O6. The van der Waals surface area contributed by atoms with Crippen LogP contribution in [0.3, 0.4) is 0 Å². The minimum atomic E-state index is -1.32. The fourth-order valence-electron chi connectivity index (χ4n) is 2.02. The molecule has 8 nitrogen and oxygen atoms in total. The molecule has 0 aromatic heterocycles. The zero-order chi connectivity index (χ0) is 16.7. The van der Waals surface area contributed by atoms with Crippen molar-refractivity contribution in [2.45, 2.75) is 44.8 Å². The number of carbonyl (C=O) groups excluding carboxylic acids is 3. The average molecular weight is 312 g/mol. The van der Waals surface area contributed by atoms with Gasteiger partial charge in [-0.1, -0.05) is 6.42 Å². The van der Waals surface area contributed by atoms with Gasteiger partial charge in [-0.05, 0) is 19.8 Å². The number of aliphatic carboxylic acids is 1. The van der Waals surface area contributed by atoms with Gasteiger partial charge in [-0.15, -0.1) is 0 Å². The van der Waals surface area contributed by atoms with E-state index in [2.05, 4.69) is 5.32 Å². The molecule has 0 aromatic rings. The summed E-state index contributed by atoms with van der Waals surface area (Å²) in [6.45, 7) is 1.59. The maximum atomic E-state index is 11.6. The Labute approximate surface area is 127 Å².